The molecule has 4 nitrogen and oxygen atoms in total. The van der Waals surface area contributed by atoms with Crippen LogP contribution < -0.4 is 5.32 Å². The van der Waals surface area contributed by atoms with Crippen molar-refractivity contribution >= 4 is 11.9 Å². The Kier molecular flexibility index (Phi) is 5.06. The number of cyclic esters (lactones) is 1. The number of rotatable bonds is 3. The van der Waals surface area contributed by atoms with E-state index in [4.69, 9.17) is 4.74 Å². The molecule has 1 aliphatic carbocycles. The fraction of sp³-hybridized carbons (Fsp3) is 0.875. The minimum atomic E-state index is -0.429. The van der Waals surface area contributed by atoms with Gasteiger partial charge in [-0.1, -0.05) is 27.2 Å². The van der Waals surface area contributed by atoms with E-state index < -0.39 is 6.04 Å². The van der Waals surface area contributed by atoms with Crippen LogP contribution in [0.15, 0.2) is 0 Å². The molecule has 4 heteroatoms. The highest BCUT2D eigenvalue weighted by atomic mass is 16.5. The van der Waals surface area contributed by atoms with E-state index in [2.05, 4.69) is 26.1 Å². The molecular formula is C16H27NO3. The fourth-order valence-electron chi connectivity index (χ4n) is 3.59. The van der Waals surface area contributed by atoms with Gasteiger partial charge in [-0.05, 0) is 43.4 Å². The summed E-state index contributed by atoms with van der Waals surface area (Å²) >= 11 is 0. The predicted molar refractivity (Wildman–Crippen MR) is 77.0 cm³/mol. The number of carbonyl (C=O) groups excluding carboxylic acids is 2. The second-order valence-corrected chi connectivity index (χ2v) is 6.80. The molecule has 0 aromatic carbocycles. The Bertz CT molecular complexity index is 367. The molecule has 1 saturated heterocycles. The molecule has 114 valence electrons. The molecule has 1 heterocycles. The fourth-order valence-corrected chi connectivity index (χ4v) is 3.59. The first-order valence-electron chi connectivity index (χ1n) is 7.96. The molecule has 0 aromatic rings. The number of esters is 1. The van der Waals surface area contributed by atoms with Crippen molar-refractivity contribution in [1.82, 2.24) is 5.32 Å². The monoisotopic (exact) mass is 281 g/mol. The van der Waals surface area contributed by atoms with Crippen molar-refractivity contribution in [3.8, 4) is 0 Å². The molecule has 2 fully saturated rings. The third-order valence-corrected chi connectivity index (χ3v) is 4.84. The van der Waals surface area contributed by atoms with Gasteiger partial charge in [0.25, 0.3) is 0 Å². The van der Waals surface area contributed by atoms with Crippen molar-refractivity contribution in [3.63, 3.8) is 0 Å². The van der Waals surface area contributed by atoms with Crippen LogP contribution in [0.25, 0.3) is 0 Å². The Hall–Kier alpha value is -1.06. The molecule has 1 N–H and O–H groups in total. The Morgan fingerprint density at radius 1 is 1.30 bits per heavy atom. The molecule has 2 aliphatic rings. The van der Waals surface area contributed by atoms with Crippen molar-refractivity contribution in [1.29, 1.82) is 0 Å². The molecule has 1 saturated carbocycles. The van der Waals surface area contributed by atoms with Gasteiger partial charge >= 0.3 is 5.97 Å². The summed E-state index contributed by atoms with van der Waals surface area (Å²) in [5.74, 6) is 1.38. The maximum atomic E-state index is 12.6. The van der Waals surface area contributed by atoms with Gasteiger partial charge in [0.05, 0.1) is 6.61 Å². The molecule has 2 rings (SSSR count). The number of nitrogens with one attached hydrogen (secondary N) is 1. The summed E-state index contributed by atoms with van der Waals surface area (Å²) in [7, 11) is 0. The van der Waals surface area contributed by atoms with Gasteiger partial charge in [0.2, 0.25) is 5.91 Å². The lowest BCUT2D eigenvalue weighted by molar-refractivity contribution is -0.152. The lowest BCUT2D eigenvalue weighted by Crippen LogP contribution is -2.49. The van der Waals surface area contributed by atoms with Crippen LogP contribution in [0.1, 0.15) is 52.9 Å². The third kappa shape index (κ3) is 3.53. The quantitative estimate of drug-likeness (QED) is 0.809. The van der Waals surface area contributed by atoms with E-state index in [1.807, 2.05) is 0 Å². The highest BCUT2D eigenvalue weighted by molar-refractivity contribution is 5.86. The van der Waals surface area contributed by atoms with Crippen LogP contribution in [-0.2, 0) is 14.3 Å². The van der Waals surface area contributed by atoms with Crippen LogP contribution in [0.5, 0.6) is 0 Å². The highest BCUT2D eigenvalue weighted by Crippen LogP contribution is 2.38. The van der Waals surface area contributed by atoms with E-state index in [1.54, 1.807) is 0 Å². The number of hydrogen-bond donors (Lipinski definition) is 1. The summed E-state index contributed by atoms with van der Waals surface area (Å²) in [5, 5.41) is 2.93. The smallest absolute Gasteiger partial charge is 0.328 e. The van der Waals surface area contributed by atoms with Gasteiger partial charge in [-0.15, -0.1) is 0 Å². The van der Waals surface area contributed by atoms with Gasteiger partial charge in [-0.3, -0.25) is 4.79 Å². The third-order valence-electron chi connectivity index (χ3n) is 4.84. The Morgan fingerprint density at radius 2 is 2.05 bits per heavy atom. The highest BCUT2D eigenvalue weighted by Gasteiger charge is 2.37. The van der Waals surface area contributed by atoms with Crippen molar-refractivity contribution in [2.75, 3.05) is 6.61 Å². The summed E-state index contributed by atoms with van der Waals surface area (Å²) in [6.45, 7) is 7.08. The van der Waals surface area contributed by atoms with Crippen LogP contribution in [0.4, 0.5) is 0 Å². The Balaban J connectivity index is 1.99. The first-order chi connectivity index (χ1) is 9.49. The molecule has 0 aromatic heterocycles. The van der Waals surface area contributed by atoms with E-state index in [0.29, 0.717) is 30.8 Å². The zero-order valence-corrected chi connectivity index (χ0v) is 12.9. The van der Waals surface area contributed by atoms with Gasteiger partial charge in [-0.2, -0.15) is 0 Å². The van der Waals surface area contributed by atoms with E-state index in [9.17, 15) is 9.59 Å². The van der Waals surface area contributed by atoms with Crippen molar-refractivity contribution in [2.24, 2.45) is 23.7 Å². The topological polar surface area (TPSA) is 55.4 Å². The summed E-state index contributed by atoms with van der Waals surface area (Å²) in [6, 6.07) is -0.429. The zero-order valence-electron chi connectivity index (χ0n) is 12.9. The van der Waals surface area contributed by atoms with Crippen LogP contribution in [0, 0.1) is 23.7 Å². The van der Waals surface area contributed by atoms with Gasteiger partial charge in [0.1, 0.15) is 6.04 Å². The molecular weight excluding hydrogens is 254 g/mol. The minimum Gasteiger partial charge on any atom is -0.464 e. The van der Waals surface area contributed by atoms with Crippen LogP contribution in [0.3, 0.4) is 0 Å². The Morgan fingerprint density at radius 3 is 2.70 bits per heavy atom. The van der Waals surface area contributed by atoms with Crippen LogP contribution in [-0.4, -0.2) is 24.5 Å². The SMILES string of the molecule is CC(C)[C@@H]1CC[C@@H](C)C[C@H]1C(=O)N[C@@H]1CCCOC1=O. The molecule has 0 spiro atoms. The van der Waals surface area contributed by atoms with Crippen molar-refractivity contribution in [2.45, 2.75) is 58.9 Å². The Labute approximate surface area is 121 Å². The molecule has 20 heavy (non-hydrogen) atoms. The molecule has 1 amide bonds. The maximum Gasteiger partial charge on any atom is 0.328 e. The summed E-state index contributed by atoms with van der Waals surface area (Å²) < 4.78 is 5.02. The second-order valence-electron chi connectivity index (χ2n) is 6.80. The normalized spacial score (nSPS) is 34.7. The minimum absolute atomic E-state index is 0.0495. The van der Waals surface area contributed by atoms with Crippen LogP contribution >= 0.6 is 0 Å². The van der Waals surface area contributed by atoms with E-state index >= 15 is 0 Å². The predicted octanol–water partition coefficient (Wildman–Crippen LogP) is 2.52. The van der Waals surface area contributed by atoms with Gasteiger partial charge in [0, 0.05) is 5.92 Å². The van der Waals surface area contributed by atoms with Crippen LogP contribution in [0.2, 0.25) is 0 Å². The van der Waals surface area contributed by atoms with E-state index in [1.165, 1.54) is 6.42 Å². The molecule has 4 atom stereocenters. The largest absolute Gasteiger partial charge is 0.464 e. The summed E-state index contributed by atoms with van der Waals surface area (Å²) in [5.41, 5.74) is 0. The van der Waals surface area contributed by atoms with Crippen molar-refractivity contribution in [3.05, 3.63) is 0 Å². The van der Waals surface area contributed by atoms with Crippen molar-refractivity contribution < 1.29 is 14.3 Å². The first-order valence-corrected chi connectivity index (χ1v) is 7.96. The lowest BCUT2D eigenvalue weighted by Gasteiger charge is -2.37. The molecule has 0 unspecified atom stereocenters. The number of ether oxygens (including phenoxy) is 1. The lowest BCUT2D eigenvalue weighted by atomic mass is 9.69. The van der Waals surface area contributed by atoms with Gasteiger partial charge < -0.3 is 10.1 Å². The van der Waals surface area contributed by atoms with Gasteiger partial charge in [0.15, 0.2) is 0 Å². The van der Waals surface area contributed by atoms with E-state index in [0.717, 1.165) is 19.3 Å². The molecule has 0 radical (unpaired) electrons. The summed E-state index contributed by atoms with van der Waals surface area (Å²) in [4.78, 5) is 24.2. The number of carbonyl (C=O) groups is 2. The average molecular weight is 281 g/mol. The standard InChI is InChI=1S/C16H27NO3/c1-10(2)12-7-6-11(3)9-13(12)15(18)17-14-5-4-8-20-16(14)19/h10-14H,4-9H2,1-3H3,(H,17,18)/t11-,12+,13-,14-/m1/s1. The summed E-state index contributed by atoms with van der Waals surface area (Å²) in [6.07, 6.45) is 4.81. The maximum absolute atomic E-state index is 12.6. The van der Waals surface area contributed by atoms with E-state index in [-0.39, 0.29) is 17.8 Å². The zero-order chi connectivity index (χ0) is 14.7. The average Bonchev–Trinajstić information content (AvgIpc) is 2.40. The molecule has 0 bridgehead atoms. The number of amides is 1. The van der Waals surface area contributed by atoms with Gasteiger partial charge in [-0.25, -0.2) is 4.79 Å². The first kappa shape index (κ1) is 15.3. The number of hydrogen-bond acceptors (Lipinski definition) is 3. The second kappa shape index (κ2) is 6.59. The molecule has 1 aliphatic heterocycles.